The van der Waals surface area contributed by atoms with Gasteiger partial charge in [0, 0.05) is 4.47 Å². The number of benzene rings is 1. The first-order valence-corrected chi connectivity index (χ1v) is 7.57. The predicted octanol–water partition coefficient (Wildman–Crippen LogP) is 2.33. The lowest BCUT2D eigenvalue weighted by Crippen LogP contribution is -2.58. The number of oxime groups is 1. The molecule has 5 N–H and O–H groups in total. The molecule has 0 unspecified atom stereocenters. The number of hydrogen-bond acceptors (Lipinski definition) is 4. The van der Waals surface area contributed by atoms with Crippen LogP contribution in [0.3, 0.4) is 0 Å². The summed E-state index contributed by atoms with van der Waals surface area (Å²) < 4.78 is 0.687. The fourth-order valence-electron chi connectivity index (χ4n) is 2.67. The molecule has 1 aromatic carbocycles. The van der Waals surface area contributed by atoms with E-state index in [0.29, 0.717) is 17.3 Å². The summed E-state index contributed by atoms with van der Waals surface area (Å²) in [6, 6.07) is 4.62. The highest BCUT2D eigenvalue weighted by Crippen LogP contribution is 2.30. The van der Waals surface area contributed by atoms with Crippen molar-refractivity contribution < 1.29 is 15.1 Å². The van der Waals surface area contributed by atoms with Gasteiger partial charge in [-0.1, -0.05) is 40.3 Å². The van der Waals surface area contributed by atoms with Gasteiger partial charge < -0.3 is 21.4 Å². The Labute approximate surface area is 131 Å². The number of nitrogens with two attached hydrogens (primary N) is 1. The molecule has 0 aromatic heterocycles. The second kappa shape index (κ2) is 6.34. The molecule has 0 bridgehead atoms. The van der Waals surface area contributed by atoms with Crippen LogP contribution in [0.5, 0.6) is 5.75 Å². The SMILES string of the molecule is N/C(=N/O)C1(NC(=O)c2cc(Br)ccc2O)CCCCC1. The van der Waals surface area contributed by atoms with Gasteiger partial charge in [-0.25, -0.2) is 0 Å². The molecular weight excluding hydrogens is 338 g/mol. The van der Waals surface area contributed by atoms with Crippen LogP contribution < -0.4 is 11.1 Å². The molecule has 0 atom stereocenters. The Morgan fingerprint density at radius 3 is 2.62 bits per heavy atom. The van der Waals surface area contributed by atoms with Gasteiger partial charge in [-0.15, -0.1) is 0 Å². The minimum atomic E-state index is -0.848. The second-order valence-electron chi connectivity index (χ2n) is 5.24. The number of halogens is 1. The molecule has 1 aliphatic carbocycles. The molecule has 1 amide bonds. The van der Waals surface area contributed by atoms with E-state index < -0.39 is 11.4 Å². The minimum absolute atomic E-state index is 0.00466. The molecular formula is C14H18BrN3O3. The average molecular weight is 356 g/mol. The third kappa shape index (κ3) is 3.29. The zero-order chi connectivity index (χ0) is 15.5. The van der Waals surface area contributed by atoms with E-state index in [4.69, 9.17) is 10.9 Å². The fourth-order valence-corrected chi connectivity index (χ4v) is 3.03. The first-order chi connectivity index (χ1) is 9.98. The minimum Gasteiger partial charge on any atom is -0.507 e. The van der Waals surface area contributed by atoms with Crippen molar-refractivity contribution in [2.24, 2.45) is 10.9 Å². The van der Waals surface area contributed by atoms with Gasteiger partial charge in [0.15, 0.2) is 5.84 Å². The Balaban J connectivity index is 2.28. The summed E-state index contributed by atoms with van der Waals surface area (Å²) in [5.74, 6) is -0.548. The Morgan fingerprint density at radius 1 is 1.33 bits per heavy atom. The van der Waals surface area contributed by atoms with Crippen molar-refractivity contribution >= 4 is 27.7 Å². The molecule has 0 heterocycles. The number of amidine groups is 1. The maximum atomic E-state index is 12.4. The van der Waals surface area contributed by atoms with Gasteiger partial charge >= 0.3 is 0 Å². The van der Waals surface area contributed by atoms with Gasteiger partial charge in [-0.05, 0) is 31.0 Å². The number of aromatic hydroxyl groups is 1. The third-order valence-electron chi connectivity index (χ3n) is 3.86. The topological polar surface area (TPSA) is 108 Å². The number of phenolic OH excluding ortho intramolecular Hbond substituents is 1. The van der Waals surface area contributed by atoms with Gasteiger partial charge in [-0.2, -0.15) is 0 Å². The zero-order valence-electron chi connectivity index (χ0n) is 11.5. The number of hydrogen-bond donors (Lipinski definition) is 4. The Hall–Kier alpha value is -1.76. The van der Waals surface area contributed by atoms with Crippen LogP contribution in [0.2, 0.25) is 0 Å². The monoisotopic (exact) mass is 355 g/mol. The normalized spacial score (nSPS) is 18.2. The number of carbonyl (C=O) groups excluding carboxylic acids is 1. The first kappa shape index (κ1) is 15.6. The molecule has 1 fully saturated rings. The molecule has 0 aliphatic heterocycles. The van der Waals surface area contributed by atoms with Crippen molar-refractivity contribution in [1.29, 1.82) is 0 Å². The van der Waals surface area contributed by atoms with Crippen LogP contribution in [0, 0.1) is 0 Å². The lowest BCUT2D eigenvalue weighted by Gasteiger charge is -2.36. The maximum Gasteiger partial charge on any atom is 0.255 e. The van der Waals surface area contributed by atoms with Crippen LogP contribution in [0.25, 0.3) is 0 Å². The molecule has 2 rings (SSSR count). The second-order valence-corrected chi connectivity index (χ2v) is 6.16. The highest BCUT2D eigenvalue weighted by atomic mass is 79.9. The summed E-state index contributed by atoms with van der Waals surface area (Å²) in [6.07, 6.45) is 4.06. The van der Waals surface area contributed by atoms with Gasteiger partial charge in [0.25, 0.3) is 5.91 Å². The van der Waals surface area contributed by atoms with E-state index in [1.54, 1.807) is 6.07 Å². The molecule has 1 aliphatic rings. The van der Waals surface area contributed by atoms with Crippen molar-refractivity contribution in [2.45, 2.75) is 37.6 Å². The molecule has 0 spiro atoms. The van der Waals surface area contributed by atoms with Crippen LogP contribution in [0.1, 0.15) is 42.5 Å². The maximum absolute atomic E-state index is 12.4. The van der Waals surface area contributed by atoms with Crippen LogP contribution in [0.15, 0.2) is 27.8 Å². The highest BCUT2D eigenvalue weighted by Gasteiger charge is 2.38. The standard InChI is InChI=1S/C14H18BrN3O3/c15-9-4-5-11(19)10(8-9)12(20)17-14(13(16)18-21)6-2-1-3-7-14/h4-5,8,19,21H,1-3,6-7H2,(H2,16,18)(H,17,20). The van der Waals surface area contributed by atoms with Gasteiger partial charge in [0.1, 0.15) is 11.3 Å². The van der Waals surface area contributed by atoms with E-state index in [9.17, 15) is 9.90 Å². The van der Waals surface area contributed by atoms with E-state index >= 15 is 0 Å². The van der Waals surface area contributed by atoms with E-state index in [2.05, 4.69) is 26.4 Å². The lowest BCUT2D eigenvalue weighted by molar-refractivity contribution is 0.0903. The summed E-state index contributed by atoms with van der Waals surface area (Å²) >= 11 is 3.27. The summed E-state index contributed by atoms with van der Waals surface area (Å²) in [5, 5.41) is 24.7. The number of carbonyl (C=O) groups is 1. The van der Waals surface area contributed by atoms with Gasteiger partial charge in [-0.3, -0.25) is 4.79 Å². The largest absolute Gasteiger partial charge is 0.507 e. The Morgan fingerprint density at radius 2 is 2.00 bits per heavy atom. The summed E-state index contributed by atoms with van der Waals surface area (Å²) in [7, 11) is 0. The number of amides is 1. The number of nitrogens with zero attached hydrogens (tertiary/aromatic N) is 1. The molecule has 114 valence electrons. The van der Waals surface area contributed by atoms with Crippen LogP contribution in [-0.4, -0.2) is 27.6 Å². The van der Waals surface area contributed by atoms with Crippen molar-refractivity contribution in [3.05, 3.63) is 28.2 Å². The Bertz CT molecular complexity index is 569. The molecule has 1 aromatic rings. The van der Waals surface area contributed by atoms with Crippen molar-refractivity contribution in [3.63, 3.8) is 0 Å². The molecule has 6 nitrogen and oxygen atoms in total. The number of nitrogens with one attached hydrogen (secondary N) is 1. The number of rotatable bonds is 3. The van der Waals surface area contributed by atoms with Crippen molar-refractivity contribution in [1.82, 2.24) is 5.32 Å². The van der Waals surface area contributed by atoms with Gasteiger partial charge in [0.2, 0.25) is 0 Å². The summed E-state index contributed by atoms with van der Waals surface area (Å²) in [5.41, 5.74) is 5.09. The molecule has 0 saturated heterocycles. The van der Waals surface area contributed by atoms with Crippen LogP contribution in [0.4, 0.5) is 0 Å². The van der Waals surface area contributed by atoms with Crippen molar-refractivity contribution in [2.75, 3.05) is 0 Å². The molecule has 1 saturated carbocycles. The smallest absolute Gasteiger partial charge is 0.255 e. The average Bonchev–Trinajstić information content (AvgIpc) is 2.49. The highest BCUT2D eigenvalue weighted by molar-refractivity contribution is 9.10. The van der Waals surface area contributed by atoms with Crippen LogP contribution >= 0.6 is 15.9 Å². The fraction of sp³-hybridized carbons (Fsp3) is 0.429. The predicted molar refractivity (Wildman–Crippen MR) is 82.5 cm³/mol. The molecule has 0 radical (unpaired) electrons. The van der Waals surface area contributed by atoms with Gasteiger partial charge in [0.05, 0.1) is 5.56 Å². The van der Waals surface area contributed by atoms with E-state index in [1.165, 1.54) is 12.1 Å². The Kier molecular flexibility index (Phi) is 4.72. The summed E-state index contributed by atoms with van der Waals surface area (Å²) in [4.78, 5) is 12.4. The zero-order valence-corrected chi connectivity index (χ0v) is 13.1. The van der Waals surface area contributed by atoms with Crippen LogP contribution in [-0.2, 0) is 0 Å². The van der Waals surface area contributed by atoms with E-state index in [-0.39, 0.29) is 17.1 Å². The quantitative estimate of drug-likeness (QED) is 0.288. The molecule has 21 heavy (non-hydrogen) atoms. The first-order valence-electron chi connectivity index (χ1n) is 6.77. The third-order valence-corrected chi connectivity index (χ3v) is 4.35. The van der Waals surface area contributed by atoms with Crippen molar-refractivity contribution in [3.8, 4) is 5.75 Å². The van der Waals surface area contributed by atoms with E-state index in [0.717, 1.165) is 19.3 Å². The molecule has 7 heteroatoms. The van der Waals surface area contributed by atoms with E-state index in [1.807, 2.05) is 0 Å². The number of phenols is 1. The lowest BCUT2D eigenvalue weighted by atomic mass is 9.80. The summed E-state index contributed by atoms with van der Waals surface area (Å²) in [6.45, 7) is 0.